The Kier molecular flexibility index (Phi) is 3.73. The van der Waals surface area contributed by atoms with Gasteiger partial charge < -0.3 is 4.90 Å². The first-order chi connectivity index (χ1) is 15.2. The van der Waals surface area contributed by atoms with Crippen LogP contribution in [0, 0.1) is 0 Å². The summed E-state index contributed by atoms with van der Waals surface area (Å²) in [4.78, 5) is 37.4. The van der Waals surface area contributed by atoms with E-state index < -0.39 is 11.8 Å². The molecule has 0 fully saturated rings. The largest absolute Gasteiger partial charge is 0.307 e. The first-order valence-electron chi connectivity index (χ1n) is 9.98. The van der Waals surface area contributed by atoms with Crippen LogP contribution in [0.1, 0.15) is 31.8 Å². The molecule has 6 heteroatoms. The molecule has 0 saturated carbocycles. The lowest BCUT2D eigenvalue weighted by molar-refractivity contribution is 0.0924. The van der Waals surface area contributed by atoms with Gasteiger partial charge in [-0.3, -0.25) is 9.59 Å². The number of benzene rings is 3. The number of nitrogens with zero attached hydrogens (tertiary/aromatic N) is 4. The van der Waals surface area contributed by atoms with Crippen molar-refractivity contribution in [1.82, 2.24) is 9.97 Å². The quantitative estimate of drug-likeness (QED) is 0.401. The molecule has 0 radical (unpaired) electrons. The lowest BCUT2D eigenvalue weighted by atomic mass is 9.95. The highest BCUT2D eigenvalue weighted by molar-refractivity contribution is 6.33. The van der Waals surface area contributed by atoms with Crippen LogP contribution in [0.3, 0.4) is 0 Å². The molecule has 1 aromatic heterocycles. The minimum Gasteiger partial charge on any atom is -0.307 e. The average Bonchev–Trinajstić information content (AvgIpc) is 3.08. The summed E-state index contributed by atoms with van der Waals surface area (Å²) >= 11 is 0. The van der Waals surface area contributed by atoms with Gasteiger partial charge in [-0.1, -0.05) is 48.5 Å². The zero-order chi connectivity index (χ0) is 20.9. The number of imide groups is 1. The summed E-state index contributed by atoms with van der Waals surface area (Å²) in [5.41, 5.74) is 6.07. The van der Waals surface area contributed by atoms with Crippen molar-refractivity contribution in [2.24, 2.45) is 0 Å². The molecule has 2 aliphatic heterocycles. The predicted octanol–water partition coefficient (Wildman–Crippen LogP) is 4.65. The molecule has 31 heavy (non-hydrogen) atoms. The van der Waals surface area contributed by atoms with Gasteiger partial charge in [0.2, 0.25) is 5.95 Å². The molecule has 0 saturated heterocycles. The van der Waals surface area contributed by atoms with Crippen LogP contribution in [0.25, 0.3) is 0 Å². The van der Waals surface area contributed by atoms with Crippen molar-refractivity contribution in [2.45, 2.75) is 6.42 Å². The lowest BCUT2D eigenvalue weighted by Gasteiger charge is -2.33. The number of hydrogen-bond acceptors (Lipinski definition) is 5. The highest BCUT2D eigenvalue weighted by atomic mass is 16.2. The smallest absolute Gasteiger partial charge is 0.268 e. The minimum atomic E-state index is -0.401. The second kappa shape index (κ2) is 6.60. The Morgan fingerprint density at radius 2 is 1.10 bits per heavy atom. The summed E-state index contributed by atoms with van der Waals surface area (Å²) in [5, 5.41) is 0. The second-order valence-corrected chi connectivity index (χ2v) is 7.50. The number of fused-ring (bicyclic) bond motifs is 3. The molecule has 3 heterocycles. The minimum absolute atomic E-state index is 0.0773. The fourth-order valence-electron chi connectivity index (χ4n) is 4.29. The molecule has 2 amide bonds. The maximum Gasteiger partial charge on any atom is 0.268 e. The third kappa shape index (κ3) is 2.58. The Labute approximate surface area is 178 Å². The Hall–Kier alpha value is -4.32. The average molecular weight is 404 g/mol. The Morgan fingerprint density at radius 3 is 1.65 bits per heavy atom. The van der Waals surface area contributed by atoms with Crippen molar-refractivity contribution in [3.63, 3.8) is 0 Å². The fraction of sp³-hybridized carbons (Fsp3) is 0.0400. The van der Waals surface area contributed by atoms with Gasteiger partial charge in [-0.05, 0) is 35.4 Å². The van der Waals surface area contributed by atoms with Crippen LogP contribution in [0.5, 0.6) is 0 Å². The van der Waals surface area contributed by atoms with E-state index in [4.69, 9.17) is 0 Å². The van der Waals surface area contributed by atoms with Crippen LogP contribution in [-0.2, 0) is 6.42 Å². The Morgan fingerprint density at radius 1 is 0.613 bits per heavy atom. The van der Waals surface area contributed by atoms with E-state index in [9.17, 15) is 9.59 Å². The number of amides is 2. The number of rotatable bonds is 2. The zero-order valence-corrected chi connectivity index (χ0v) is 16.4. The Bertz CT molecular complexity index is 1280. The third-order valence-electron chi connectivity index (χ3n) is 5.72. The number of hydrogen-bond donors (Lipinski definition) is 0. The van der Waals surface area contributed by atoms with Gasteiger partial charge in [-0.25, -0.2) is 14.9 Å². The van der Waals surface area contributed by atoms with Crippen LogP contribution < -0.4 is 9.80 Å². The summed E-state index contributed by atoms with van der Waals surface area (Å²) < 4.78 is 0. The van der Waals surface area contributed by atoms with Crippen molar-refractivity contribution >= 4 is 34.8 Å². The summed E-state index contributed by atoms with van der Waals surface area (Å²) in [5.74, 6) is -0.724. The third-order valence-corrected chi connectivity index (χ3v) is 5.72. The van der Waals surface area contributed by atoms with Crippen molar-refractivity contribution in [2.75, 3.05) is 9.80 Å². The topological polar surface area (TPSA) is 66.4 Å². The molecule has 0 unspecified atom stereocenters. The number of aromatic nitrogens is 2. The number of para-hydroxylation sites is 2. The SMILES string of the molecule is O=C1c2ccccc2C(=O)N1c1ncc(N2c3ccccc3Cc3ccccc32)cn1. The van der Waals surface area contributed by atoms with Gasteiger partial charge in [0.15, 0.2) is 0 Å². The molecule has 2 aliphatic rings. The normalized spacial score (nSPS) is 14.3. The number of anilines is 4. The first-order valence-corrected chi connectivity index (χ1v) is 9.98. The molecule has 3 aromatic carbocycles. The molecule has 0 bridgehead atoms. The monoisotopic (exact) mass is 404 g/mol. The van der Waals surface area contributed by atoms with Gasteiger partial charge in [0.25, 0.3) is 11.8 Å². The highest BCUT2D eigenvalue weighted by Gasteiger charge is 2.38. The molecule has 6 nitrogen and oxygen atoms in total. The molecule has 6 rings (SSSR count). The van der Waals surface area contributed by atoms with E-state index in [-0.39, 0.29) is 5.95 Å². The molecule has 0 aliphatic carbocycles. The van der Waals surface area contributed by atoms with Gasteiger partial charge >= 0.3 is 0 Å². The van der Waals surface area contributed by atoms with Gasteiger partial charge in [0.1, 0.15) is 0 Å². The maximum atomic E-state index is 12.7. The molecular weight excluding hydrogens is 388 g/mol. The standard InChI is InChI=1S/C25H16N4O2/c30-23-19-9-3-4-10-20(19)24(31)29(23)25-26-14-18(15-27-25)28-21-11-5-1-7-16(21)13-17-8-2-6-12-22(17)28/h1-12,14-15H,13H2. The first kappa shape index (κ1) is 17.5. The van der Waals surface area contributed by atoms with Gasteiger partial charge in [0, 0.05) is 17.8 Å². The van der Waals surface area contributed by atoms with E-state index in [1.807, 2.05) is 24.3 Å². The van der Waals surface area contributed by atoms with Crippen molar-refractivity contribution in [3.8, 4) is 0 Å². The van der Waals surface area contributed by atoms with Crippen LogP contribution in [0.2, 0.25) is 0 Å². The molecular formula is C25H16N4O2. The van der Waals surface area contributed by atoms with Crippen LogP contribution >= 0.6 is 0 Å². The zero-order valence-electron chi connectivity index (χ0n) is 16.4. The van der Waals surface area contributed by atoms with Gasteiger partial charge in [0.05, 0.1) is 29.2 Å². The van der Waals surface area contributed by atoms with Crippen LogP contribution in [0.4, 0.5) is 23.0 Å². The van der Waals surface area contributed by atoms with E-state index in [2.05, 4.69) is 39.1 Å². The van der Waals surface area contributed by atoms with E-state index in [0.717, 1.165) is 28.4 Å². The summed E-state index contributed by atoms with van der Waals surface area (Å²) in [6.45, 7) is 0. The second-order valence-electron chi connectivity index (χ2n) is 7.50. The molecule has 4 aromatic rings. The number of carbonyl (C=O) groups is 2. The van der Waals surface area contributed by atoms with E-state index >= 15 is 0 Å². The van der Waals surface area contributed by atoms with Crippen LogP contribution in [-0.4, -0.2) is 21.8 Å². The van der Waals surface area contributed by atoms with Crippen molar-refractivity contribution < 1.29 is 9.59 Å². The van der Waals surface area contributed by atoms with Gasteiger partial charge in [-0.2, -0.15) is 0 Å². The Balaban J connectivity index is 1.41. The molecule has 0 N–H and O–H groups in total. The maximum absolute atomic E-state index is 12.7. The summed E-state index contributed by atoms with van der Waals surface area (Å²) in [6.07, 6.45) is 4.17. The van der Waals surface area contributed by atoms with E-state index in [0.29, 0.717) is 11.1 Å². The summed E-state index contributed by atoms with van der Waals surface area (Å²) in [6, 6.07) is 23.2. The summed E-state index contributed by atoms with van der Waals surface area (Å²) in [7, 11) is 0. The van der Waals surface area contributed by atoms with Gasteiger partial charge in [-0.15, -0.1) is 0 Å². The molecule has 0 atom stereocenters. The van der Waals surface area contributed by atoms with E-state index in [1.54, 1.807) is 36.7 Å². The van der Waals surface area contributed by atoms with E-state index in [1.165, 1.54) is 11.1 Å². The molecule has 0 spiro atoms. The predicted molar refractivity (Wildman–Crippen MR) is 117 cm³/mol. The van der Waals surface area contributed by atoms with Crippen LogP contribution in [0.15, 0.2) is 85.2 Å². The highest BCUT2D eigenvalue weighted by Crippen LogP contribution is 2.43. The van der Waals surface area contributed by atoms with Crippen molar-refractivity contribution in [1.29, 1.82) is 0 Å². The fourth-order valence-corrected chi connectivity index (χ4v) is 4.29. The van der Waals surface area contributed by atoms with Crippen molar-refractivity contribution in [3.05, 3.63) is 107 Å². The lowest BCUT2D eigenvalue weighted by Crippen LogP contribution is -2.31. The number of carbonyl (C=O) groups excluding carboxylic acids is 2. The molecule has 148 valence electrons.